The minimum Gasteiger partial charge on any atom is -0.484 e. The number of carbonyl (C=O) groups excluding carboxylic acids is 2. The molecule has 6 heteroatoms. The van der Waals surface area contributed by atoms with Gasteiger partial charge in [0.2, 0.25) is 5.91 Å². The van der Waals surface area contributed by atoms with Crippen LogP contribution in [0.2, 0.25) is 5.02 Å². The summed E-state index contributed by atoms with van der Waals surface area (Å²) in [7, 11) is 0. The number of nitrogens with zero attached hydrogens (tertiary/aromatic N) is 1. The van der Waals surface area contributed by atoms with E-state index >= 15 is 0 Å². The normalized spacial score (nSPS) is 12.0. The molecule has 0 unspecified atom stereocenters. The van der Waals surface area contributed by atoms with Crippen molar-refractivity contribution in [3.05, 3.63) is 101 Å². The average molecular weight is 507 g/mol. The maximum Gasteiger partial charge on any atom is 0.261 e. The van der Waals surface area contributed by atoms with Crippen LogP contribution in [-0.2, 0) is 29.0 Å². The second-order valence-corrected chi connectivity index (χ2v) is 10.3. The van der Waals surface area contributed by atoms with Crippen molar-refractivity contribution in [2.75, 3.05) is 6.61 Å². The quantitative estimate of drug-likeness (QED) is 0.376. The lowest BCUT2D eigenvalue weighted by atomic mass is 10.0. The number of nitrogens with one attached hydrogen (secondary N) is 1. The first-order valence-electron chi connectivity index (χ1n) is 12.3. The number of ether oxygens (including phenoxy) is 1. The van der Waals surface area contributed by atoms with Crippen molar-refractivity contribution in [3.8, 4) is 5.75 Å². The molecule has 0 aliphatic heterocycles. The van der Waals surface area contributed by atoms with Gasteiger partial charge in [0.25, 0.3) is 5.91 Å². The Bertz CT molecular complexity index is 1140. The molecule has 3 aromatic rings. The molecule has 0 radical (unpaired) electrons. The standard InChI is InChI=1S/C30H35ClN2O3/c1-5-22-14-16-26(17-15-22)36-21-28(34)33(20-24-12-9-13-25(31)18-24)27(29(35)32-30(2,3)4)19-23-10-7-6-8-11-23/h6-18,27H,5,19-21H2,1-4H3,(H,32,35)/t27-/m0/s1. The number of carbonyl (C=O) groups is 2. The third kappa shape index (κ3) is 8.42. The fourth-order valence-electron chi connectivity index (χ4n) is 3.89. The molecule has 1 N–H and O–H groups in total. The molecule has 3 rings (SSSR count). The minimum atomic E-state index is -0.732. The molecule has 36 heavy (non-hydrogen) atoms. The summed E-state index contributed by atoms with van der Waals surface area (Å²) in [4.78, 5) is 28.8. The molecule has 0 fully saturated rings. The van der Waals surface area contributed by atoms with Gasteiger partial charge in [-0.3, -0.25) is 9.59 Å². The first-order valence-corrected chi connectivity index (χ1v) is 12.6. The van der Waals surface area contributed by atoms with E-state index in [1.807, 2.05) is 93.6 Å². The highest BCUT2D eigenvalue weighted by atomic mass is 35.5. The van der Waals surface area contributed by atoms with Gasteiger partial charge in [-0.25, -0.2) is 0 Å². The molecule has 0 bridgehead atoms. The van der Waals surface area contributed by atoms with Gasteiger partial charge in [0.1, 0.15) is 11.8 Å². The summed E-state index contributed by atoms with van der Waals surface area (Å²) < 4.78 is 5.84. The topological polar surface area (TPSA) is 58.6 Å². The second-order valence-electron chi connectivity index (χ2n) is 9.88. The molecule has 0 aliphatic carbocycles. The molecule has 0 spiro atoms. The van der Waals surface area contributed by atoms with Crippen LogP contribution in [0.25, 0.3) is 0 Å². The van der Waals surface area contributed by atoms with E-state index in [1.165, 1.54) is 5.56 Å². The van der Waals surface area contributed by atoms with E-state index in [1.54, 1.807) is 11.0 Å². The molecule has 0 heterocycles. The largest absolute Gasteiger partial charge is 0.484 e. The highest BCUT2D eigenvalue weighted by molar-refractivity contribution is 6.30. The Kier molecular flexibility index (Phi) is 9.54. The summed E-state index contributed by atoms with van der Waals surface area (Å²) in [6, 6.07) is 24.0. The minimum absolute atomic E-state index is 0.180. The van der Waals surface area contributed by atoms with Crippen LogP contribution in [0.15, 0.2) is 78.9 Å². The van der Waals surface area contributed by atoms with E-state index in [0.29, 0.717) is 17.2 Å². The Balaban J connectivity index is 1.91. The number of benzene rings is 3. The highest BCUT2D eigenvalue weighted by Crippen LogP contribution is 2.19. The number of rotatable bonds is 10. The number of hydrogen-bond donors (Lipinski definition) is 1. The zero-order valence-electron chi connectivity index (χ0n) is 21.5. The summed E-state index contributed by atoms with van der Waals surface area (Å²) in [5, 5.41) is 3.63. The molecular formula is C30H35ClN2O3. The molecule has 0 aromatic heterocycles. The third-order valence-corrected chi connectivity index (χ3v) is 5.94. The van der Waals surface area contributed by atoms with E-state index in [-0.39, 0.29) is 25.0 Å². The van der Waals surface area contributed by atoms with Crippen LogP contribution in [0.3, 0.4) is 0 Å². The van der Waals surface area contributed by atoms with Crippen molar-refractivity contribution in [2.45, 2.75) is 58.7 Å². The average Bonchev–Trinajstić information content (AvgIpc) is 2.84. The van der Waals surface area contributed by atoms with Crippen LogP contribution < -0.4 is 10.1 Å². The van der Waals surface area contributed by atoms with Gasteiger partial charge in [-0.2, -0.15) is 0 Å². The Hall–Kier alpha value is -3.31. The monoisotopic (exact) mass is 506 g/mol. The van der Waals surface area contributed by atoms with Gasteiger partial charge in [0, 0.05) is 23.5 Å². The van der Waals surface area contributed by atoms with Crippen LogP contribution in [0.1, 0.15) is 44.4 Å². The van der Waals surface area contributed by atoms with Gasteiger partial charge in [-0.1, -0.05) is 73.1 Å². The van der Waals surface area contributed by atoms with Crippen molar-refractivity contribution < 1.29 is 14.3 Å². The maximum atomic E-state index is 13.6. The SMILES string of the molecule is CCc1ccc(OCC(=O)N(Cc2cccc(Cl)c2)[C@@H](Cc2ccccc2)C(=O)NC(C)(C)C)cc1. The maximum absolute atomic E-state index is 13.6. The molecule has 190 valence electrons. The van der Waals surface area contributed by atoms with E-state index in [0.717, 1.165) is 17.5 Å². The lowest BCUT2D eigenvalue weighted by Gasteiger charge is -2.33. The fraction of sp³-hybridized carbons (Fsp3) is 0.333. The molecule has 0 saturated carbocycles. The van der Waals surface area contributed by atoms with Crippen LogP contribution in [0, 0.1) is 0 Å². The Morgan fingerprint density at radius 2 is 1.58 bits per heavy atom. The molecule has 0 saturated heterocycles. The van der Waals surface area contributed by atoms with Gasteiger partial charge in [-0.15, -0.1) is 0 Å². The van der Waals surface area contributed by atoms with Crippen molar-refractivity contribution in [3.63, 3.8) is 0 Å². The summed E-state index contributed by atoms with van der Waals surface area (Å²) in [5.74, 6) is 0.121. The van der Waals surface area contributed by atoms with Crippen LogP contribution in [0.5, 0.6) is 5.75 Å². The Morgan fingerprint density at radius 3 is 2.19 bits per heavy atom. The van der Waals surface area contributed by atoms with Crippen molar-refractivity contribution >= 4 is 23.4 Å². The first kappa shape index (κ1) is 27.3. The lowest BCUT2D eigenvalue weighted by Crippen LogP contribution is -2.55. The first-order chi connectivity index (χ1) is 17.1. The summed E-state index contributed by atoms with van der Waals surface area (Å²) in [6.07, 6.45) is 1.30. The molecular weight excluding hydrogens is 472 g/mol. The predicted molar refractivity (Wildman–Crippen MR) is 145 cm³/mol. The van der Waals surface area contributed by atoms with E-state index in [4.69, 9.17) is 16.3 Å². The number of aryl methyl sites for hydroxylation is 1. The van der Waals surface area contributed by atoms with Crippen LogP contribution in [0.4, 0.5) is 0 Å². The fourth-order valence-corrected chi connectivity index (χ4v) is 4.10. The van der Waals surface area contributed by atoms with Gasteiger partial charge in [-0.05, 0) is 68.1 Å². The van der Waals surface area contributed by atoms with Gasteiger partial charge in [0.05, 0.1) is 0 Å². The summed E-state index contributed by atoms with van der Waals surface area (Å²) in [6.45, 7) is 7.92. The molecule has 5 nitrogen and oxygen atoms in total. The van der Waals surface area contributed by atoms with E-state index < -0.39 is 11.6 Å². The molecule has 3 aromatic carbocycles. The predicted octanol–water partition coefficient (Wildman–Crippen LogP) is 5.84. The van der Waals surface area contributed by atoms with Crippen molar-refractivity contribution in [1.82, 2.24) is 10.2 Å². The summed E-state index contributed by atoms with van der Waals surface area (Å²) >= 11 is 6.23. The van der Waals surface area contributed by atoms with Crippen LogP contribution in [-0.4, -0.2) is 34.9 Å². The lowest BCUT2D eigenvalue weighted by molar-refractivity contribution is -0.143. The van der Waals surface area contributed by atoms with Gasteiger partial charge < -0.3 is 15.0 Å². The van der Waals surface area contributed by atoms with E-state index in [9.17, 15) is 9.59 Å². The second kappa shape index (κ2) is 12.6. The van der Waals surface area contributed by atoms with E-state index in [2.05, 4.69) is 12.2 Å². The number of hydrogen-bond acceptors (Lipinski definition) is 3. The van der Waals surface area contributed by atoms with Crippen molar-refractivity contribution in [2.24, 2.45) is 0 Å². The zero-order chi connectivity index (χ0) is 26.1. The molecule has 1 atom stereocenters. The van der Waals surface area contributed by atoms with Crippen LogP contribution >= 0.6 is 11.6 Å². The number of amides is 2. The highest BCUT2D eigenvalue weighted by Gasteiger charge is 2.32. The Labute approximate surface area is 219 Å². The third-order valence-electron chi connectivity index (χ3n) is 5.71. The van der Waals surface area contributed by atoms with Gasteiger partial charge in [0.15, 0.2) is 6.61 Å². The molecule has 0 aliphatic rings. The summed E-state index contributed by atoms with van der Waals surface area (Å²) in [5.41, 5.74) is 2.54. The molecule has 2 amide bonds. The number of halogens is 1. The zero-order valence-corrected chi connectivity index (χ0v) is 22.2. The van der Waals surface area contributed by atoms with Gasteiger partial charge >= 0.3 is 0 Å². The Morgan fingerprint density at radius 1 is 0.917 bits per heavy atom. The van der Waals surface area contributed by atoms with Crippen molar-refractivity contribution in [1.29, 1.82) is 0 Å². The smallest absolute Gasteiger partial charge is 0.261 e.